The lowest BCUT2D eigenvalue weighted by atomic mass is 10.1. The summed E-state index contributed by atoms with van der Waals surface area (Å²) in [5.74, 6) is 0.0630. The lowest BCUT2D eigenvalue weighted by Crippen LogP contribution is -2.07. The molecule has 1 aromatic carbocycles. The van der Waals surface area contributed by atoms with Crippen LogP contribution in [0.2, 0.25) is 0 Å². The van der Waals surface area contributed by atoms with Crippen LogP contribution in [0.15, 0.2) is 36.7 Å². The highest BCUT2D eigenvalue weighted by atomic mass is 16.5. The normalized spacial score (nSPS) is 10.0. The Kier molecular flexibility index (Phi) is 3.14. The second kappa shape index (κ2) is 4.74. The third-order valence-corrected chi connectivity index (χ3v) is 2.39. The molecule has 0 aliphatic carbocycles. The minimum absolute atomic E-state index is 0.185. The molecular formula is C13H12N2O2. The predicted molar refractivity (Wildman–Crippen MR) is 63.2 cm³/mol. The average molecular weight is 228 g/mol. The van der Waals surface area contributed by atoms with Crippen molar-refractivity contribution in [2.45, 2.75) is 6.92 Å². The number of ketones is 1. The summed E-state index contributed by atoms with van der Waals surface area (Å²) in [7, 11) is 1.47. The topological polar surface area (TPSA) is 52.1 Å². The van der Waals surface area contributed by atoms with Gasteiger partial charge in [-0.2, -0.15) is 0 Å². The van der Waals surface area contributed by atoms with E-state index in [1.54, 1.807) is 12.1 Å². The molecule has 2 rings (SSSR count). The van der Waals surface area contributed by atoms with Gasteiger partial charge in [0.25, 0.3) is 0 Å². The first-order chi connectivity index (χ1) is 8.22. The van der Waals surface area contributed by atoms with Crippen molar-refractivity contribution in [3.05, 3.63) is 53.5 Å². The lowest BCUT2D eigenvalue weighted by molar-refractivity contribution is 0.103. The molecule has 1 aromatic heterocycles. The molecule has 0 bridgehead atoms. The van der Waals surface area contributed by atoms with E-state index in [0.29, 0.717) is 5.56 Å². The van der Waals surface area contributed by atoms with Crippen LogP contribution in [-0.2, 0) is 0 Å². The molecule has 4 heteroatoms. The van der Waals surface area contributed by atoms with E-state index < -0.39 is 0 Å². The number of carbonyl (C=O) groups is 1. The van der Waals surface area contributed by atoms with Crippen molar-refractivity contribution in [3.63, 3.8) is 0 Å². The first kappa shape index (κ1) is 11.3. The molecule has 0 aliphatic rings. The van der Waals surface area contributed by atoms with E-state index in [9.17, 15) is 4.79 Å². The predicted octanol–water partition coefficient (Wildman–Crippen LogP) is 2.02. The highest BCUT2D eigenvalue weighted by Gasteiger charge is 2.16. The highest BCUT2D eigenvalue weighted by molar-refractivity contribution is 6.09. The van der Waals surface area contributed by atoms with Crippen molar-refractivity contribution in [1.82, 2.24) is 9.97 Å². The molecule has 0 amide bonds. The van der Waals surface area contributed by atoms with E-state index in [1.807, 2.05) is 19.1 Å². The molecule has 0 saturated carbocycles. The maximum absolute atomic E-state index is 12.2. The van der Waals surface area contributed by atoms with E-state index in [2.05, 4.69) is 9.97 Å². The smallest absolute Gasteiger partial charge is 0.243 e. The first-order valence-corrected chi connectivity index (χ1v) is 5.18. The minimum atomic E-state index is -0.185. The fraction of sp³-hybridized carbons (Fsp3) is 0.154. The summed E-state index contributed by atoms with van der Waals surface area (Å²) in [5, 5.41) is 0. The molecule has 0 unspecified atom stereocenters. The van der Waals surface area contributed by atoms with Gasteiger partial charge in [0.2, 0.25) is 11.7 Å². The van der Waals surface area contributed by atoms with Gasteiger partial charge in [0, 0.05) is 18.0 Å². The van der Waals surface area contributed by atoms with Gasteiger partial charge in [0.15, 0.2) is 5.69 Å². The quantitative estimate of drug-likeness (QED) is 0.754. The third kappa shape index (κ3) is 2.30. The summed E-state index contributed by atoms with van der Waals surface area (Å²) in [6.07, 6.45) is 2.97. The highest BCUT2D eigenvalue weighted by Crippen LogP contribution is 2.16. The van der Waals surface area contributed by atoms with Crippen LogP contribution in [0.1, 0.15) is 21.6 Å². The number of nitrogens with zero attached hydrogens (tertiary/aromatic N) is 2. The zero-order valence-corrected chi connectivity index (χ0v) is 9.68. The Morgan fingerprint density at radius 3 is 2.41 bits per heavy atom. The third-order valence-electron chi connectivity index (χ3n) is 2.39. The Balaban J connectivity index is 2.40. The fourth-order valence-electron chi connectivity index (χ4n) is 1.47. The molecule has 1 heterocycles. The van der Waals surface area contributed by atoms with Crippen molar-refractivity contribution in [1.29, 1.82) is 0 Å². The molecule has 0 spiro atoms. The minimum Gasteiger partial charge on any atom is -0.479 e. The van der Waals surface area contributed by atoms with Gasteiger partial charge in [-0.05, 0) is 6.92 Å². The molecular weight excluding hydrogens is 216 g/mol. The summed E-state index contributed by atoms with van der Waals surface area (Å²) in [5.41, 5.74) is 1.92. The van der Waals surface area contributed by atoms with Gasteiger partial charge in [-0.25, -0.2) is 9.97 Å². The van der Waals surface area contributed by atoms with Gasteiger partial charge in [-0.15, -0.1) is 0 Å². The summed E-state index contributed by atoms with van der Waals surface area (Å²) < 4.78 is 5.02. The molecule has 2 aromatic rings. The van der Waals surface area contributed by atoms with Crippen LogP contribution in [0.25, 0.3) is 0 Å². The van der Waals surface area contributed by atoms with E-state index in [4.69, 9.17) is 4.74 Å². The van der Waals surface area contributed by atoms with Crippen molar-refractivity contribution >= 4 is 5.78 Å². The number of hydrogen-bond donors (Lipinski definition) is 0. The van der Waals surface area contributed by atoms with E-state index in [-0.39, 0.29) is 17.4 Å². The van der Waals surface area contributed by atoms with Gasteiger partial charge < -0.3 is 4.74 Å². The van der Waals surface area contributed by atoms with Crippen molar-refractivity contribution in [2.24, 2.45) is 0 Å². The monoisotopic (exact) mass is 228 g/mol. The molecule has 0 N–H and O–H groups in total. The largest absolute Gasteiger partial charge is 0.479 e. The zero-order valence-electron chi connectivity index (χ0n) is 9.68. The molecule has 0 fully saturated rings. The fourth-order valence-corrected chi connectivity index (χ4v) is 1.47. The number of carbonyl (C=O) groups excluding carboxylic acids is 1. The summed E-state index contributed by atoms with van der Waals surface area (Å²) in [4.78, 5) is 20.1. The number of methoxy groups -OCH3 is 1. The van der Waals surface area contributed by atoms with E-state index >= 15 is 0 Å². The number of ether oxygens (including phenoxy) is 1. The number of benzene rings is 1. The van der Waals surface area contributed by atoms with Gasteiger partial charge >= 0.3 is 0 Å². The maximum atomic E-state index is 12.2. The Morgan fingerprint density at radius 1 is 1.12 bits per heavy atom. The van der Waals surface area contributed by atoms with Crippen molar-refractivity contribution in [3.8, 4) is 5.88 Å². The van der Waals surface area contributed by atoms with Crippen LogP contribution in [0.3, 0.4) is 0 Å². The number of aromatic nitrogens is 2. The van der Waals surface area contributed by atoms with Crippen molar-refractivity contribution < 1.29 is 9.53 Å². The van der Waals surface area contributed by atoms with E-state index in [0.717, 1.165) is 5.56 Å². The average Bonchev–Trinajstić information content (AvgIpc) is 2.39. The second-order valence-corrected chi connectivity index (χ2v) is 3.61. The lowest BCUT2D eigenvalue weighted by Gasteiger charge is -2.04. The summed E-state index contributed by atoms with van der Waals surface area (Å²) >= 11 is 0. The molecule has 0 aliphatic heterocycles. The Bertz CT molecular complexity index is 535. The number of hydrogen-bond acceptors (Lipinski definition) is 4. The number of rotatable bonds is 3. The molecule has 86 valence electrons. The molecule has 17 heavy (non-hydrogen) atoms. The van der Waals surface area contributed by atoms with Crippen molar-refractivity contribution in [2.75, 3.05) is 7.11 Å². The molecule has 4 nitrogen and oxygen atoms in total. The second-order valence-electron chi connectivity index (χ2n) is 3.61. The van der Waals surface area contributed by atoms with Gasteiger partial charge in [0.1, 0.15) is 0 Å². The Labute approximate surface area is 99.3 Å². The van der Waals surface area contributed by atoms with Crippen LogP contribution in [0.4, 0.5) is 0 Å². The molecule has 0 atom stereocenters. The van der Waals surface area contributed by atoms with Gasteiger partial charge in [-0.3, -0.25) is 4.79 Å². The Morgan fingerprint density at radius 2 is 1.76 bits per heavy atom. The molecule has 0 radical (unpaired) electrons. The van der Waals surface area contributed by atoms with Crippen LogP contribution in [0, 0.1) is 6.92 Å². The van der Waals surface area contributed by atoms with Crippen LogP contribution >= 0.6 is 0 Å². The van der Waals surface area contributed by atoms with Gasteiger partial charge in [-0.1, -0.05) is 29.8 Å². The summed E-state index contributed by atoms with van der Waals surface area (Å²) in [6.45, 7) is 1.97. The maximum Gasteiger partial charge on any atom is 0.243 e. The first-order valence-electron chi connectivity index (χ1n) is 5.18. The van der Waals surface area contributed by atoms with E-state index in [1.165, 1.54) is 19.5 Å². The SMILES string of the molecule is COc1nccnc1C(=O)c1ccc(C)cc1. The molecule has 0 saturated heterocycles. The van der Waals surface area contributed by atoms with Crippen LogP contribution < -0.4 is 4.74 Å². The number of aryl methyl sites for hydroxylation is 1. The van der Waals surface area contributed by atoms with Crippen LogP contribution in [0.5, 0.6) is 5.88 Å². The van der Waals surface area contributed by atoms with Gasteiger partial charge in [0.05, 0.1) is 7.11 Å². The van der Waals surface area contributed by atoms with Crippen LogP contribution in [-0.4, -0.2) is 22.9 Å². The Hall–Kier alpha value is -2.23. The summed E-state index contributed by atoms with van der Waals surface area (Å²) in [6, 6.07) is 7.31. The standard InChI is InChI=1S/C13H12N2O2/c1-9-3-5-10(6-4-9)12(16)11-13(17-2)15-8-7-14-11/h3-8H,1-2H3. The zero-order chi connectivity index (χ0) is 12.3.